The number of amides is 1. The molecule has 0 aromatic heterocycles. The van der Waals surface area contributed by atoms with Gasteiger partial charge in [-0.05, 0) is 64.2 Å². The van der Waals surface area contributed by atoms with E-state index in [1.54, 1.807) is 0 Å². The summed E-state index contributed by atoms with van der Waals surface area (Å²) in [5.41, 5.74) is 0. The van der Waals surface area contributed by atoms with Crippen molar-refractivity contribution < 1.29 is 32.9 Å². The molecule has 0 aliphatic rings. The van der Waals surface area contributed by atoms with Crippen molar-refractivity contribution in [3.63, 3.8) is 0 Å². The molecule has 0 aliphatic heterocycles. The first-order chi connectivity index (χ1) is 44.5. The number of likely N-dealkylation sites (N-methyl/N-ethyl adjacent to an activating group) is 1. The number of quaternary nitrogens is 1. The van der Waals surface area contributed by atoms with Crippen LogP contribution in [0.5, 0.6) is 0 Å². The summed E-state index contributed by atoms with van der Waals surface area (Å²) in [6, 6.07) is -0.803. The van der Waals surface area contributed by atoms with Gasteiger partial charge in [0, 0.05) is 6.42 Å². The van der Waals surface area contributed by atoms with Gasteiger partial charge in [-0.25, -0.2) is 0 Å². The maximum Gasteiger partial charge on any atom is 0.268 e. The van der Waals surface area contributed by atoms with Gasteiger partial charge in [0.05, 0.1) is 39.9 Å². The van der Waals surface area contributed by atoms with Crippen molar-refractivity contribution in [2.24, 2.45) is 0 Å². The van der Waals surface area contributed by atoms with Crippen LogP contribution in [0.2, 0.25) is 0 Å². The van der Waals surface area contributed by atoms with E-state index in [1.165, 1.54) is 289 Å². The van der Waals surface area contributed by atoms with E-state index >= 15 is 0 Å². The molecule has 0 aliphatic carbocycles. The van der Waals surface area contributed by atoms with Crippen molar-refractivity contribution in [1.82, 2.24) is 5.32 Å². The molecule has 3 atom stereocenters. The first-order valence-corrected chi connectivity index (χ1v) is 41.2. The Kier molecular flexibility index (Phi) is 70.6. The van der Waals surface area contributed by atoms with E-state index in [-0.39, 0.29) is 19.1 Å². The summed E-state index contributed by atoms with van der Waals surface area (Å²) < 4.78 is 23.6. The second kappa shape index (κ2) is 72.2. The Morgan fingerprint density at radius 2 is 0.670 bits per heavy atom. The van der Waals surface area contributed by atoms with Gasteiger partial charge in [-0.3, -0.25) is 9.36 Å². The largest absolute Gasteiger partial charge is 0.756 e. The molecule has 3 unspecified atom stereocenters. The van der Waals surface area contributed by atoms with Crippen LogP contribution in [-0.2, 0) is 18.4 Å². The van der Waals surface area contributed by atoms with Crippen LogP contribution in [-0.4, -0.2) is 68.5 Å². The Balaban J connectivity index is 3.91. The van der Waals surface area contributed by atoms with Crippen LogP contribution >= 0.6 is 7.82 Å². The fourth-order valence-electron chi connectivity index (χ4n) is 12.1. The molecule has 8 nitrogen and oxygen atoms in total. The fourth-order valence-corrected chi connectivity index (χ4v) is 12.8. The van der Waals surface area contributed by atoms with Crippen molar-refractivity contribution in [2.45, 2.75) is 405 Å². The number of aliphatic hydroxyl groups excluding tert-OH is 1. The van der Waals surface area contributed by atoms with Gasteiger partial charge in [-0.1, -0.05) is 395 Å². The highest BCUT2D eigenvalue weighted by atomic mass is 31.2. The predicted molar refractivity (Wildman–Crippen MR) is 399 cm³/mol. The van der Waals surface area contributed by atoms with Gasteiger partial charge in [0.15, 0.2) is 0 Å². The molecule has 0 saturated heterocycles. The normalized spacial score (nSPS) is 13.9. The Morgan fingerprint density at radius 3 is 0.978 bits per heavy atom. The van der Waals surface area contributed by atoms with Gasteiger partial charge in [0.2, 0.25) is 5.91 Å². The molecule has 0 aromatic carbocycles. The molecule has 0 fully saturated rings. The molecule has 0 saturated carbocycles. The third kappa shape index (κ3) is 75.2. The van der Waals surface area contributed by atoms with E-state index in [4.69, 9.17) is 9.05 Å². The zero-order valence-corrected chi connectivity index (χ0v) is 62.2. The number of nitrogens with one attached hydrogen (secondary N) is 1. The summed E-state index contributed by atoms with van der Waals surface area (Å²) in [6.07, 6.45) is 102. The second-order valence-corrected chi connectivity index (χ2v) is 29.8. The van der Waals surface area contributed by atoms with Crippen LogP contribution in [0.15, 0.2) is 72.9 Å². The van der Waals surface area contributed by atoms with E-state index < -0.39 is 20.0 Å². The molecule has 0 rings (SSSR count). The third-order valence-corrected chi connectivity index (χ3v) is 19.2. The average molecular weight is 1300 g/mol. The Hall–Kier alpha value is -2.06. The number of unbranched alkanes of at least 4 members (excludes halogenated alkanes) is 49. The molecule has 9 heteroatoms. The van der Waals surface area contributed by atoms with E-state index in [0.717, 1.165) is 77.0 Å². The lowest BCUT2D eigenvalue weighted by molar-refractivity contribution is -0.870. The number of carbonyl (C=O) groups excluding carboxylic acids is 1. The summed E-state index contributed by atoms with van der Waals surface area (Å²) in [7, 11) is 1.32. The maximum absolute atomic E-state index is 13.1. The van der Waals surface area contributed by atoms with Crippen molar-refractivity contribution in [2.75, 3.05) is 40.9 Å². The Labute approximate surface area is 567 Å². The molecule has 0 heterocycles. The van der Waals surface area contributed by atoms with E-state index in [0.29, 0.717) is 23.9 Å². The number of rotatable bonds is 74. The number of hydrogen-bond donors (Lipinski definition) is 2. The van der Waals surface area contributed by atoms with Crippen molar-refractivity contribution in [1.29, 1.82) is 0 Å². The summed E-state index contributed by atoms with van der Waals surface area (Å²) in [4.78, 5) is 25.7. The van der Waals surface area contributed by atoms with Gasteiger partial charge in [-0.2, -0.15) is 0 Å². The van der Waals surface area contributed by atoms with Crippen LogP contribution in [0.1, 0.15) is 393 Å². The molecular weight excluding hydrogens is 1140 g/mol. The molecule has 0 aromatic rings. The number of nitrogens with zero attached hydrogens (tertiary/aromatic N) is 1. The minimum absolute atomic E-state index is 0.0134. The van der Waals surface area contributed by atoms with Crippen molar-refractivity contribution >= 4 is 13.7 Å². The molecule has 0 bridgehead atoms. The topological polar surface area (TPSA) is 108 Å². The van der Waals surface area contributed by atoms with Crippen LogP contribution < -0.4 is 10.2 Å². The molecule has 1 amide bonds. The van der Waals surface area contributed by atoms with Gasteiger partial charge in [-0.15, -0.1) is 0 Å². The first-order valence-electron chi connectivity index (χ1n) is 39.8. The molecule has 2 N–H and O–H groups in total. The van der Waals surface area contributed by atoms with Crippen molar-refractivity contribution in [3.8, 4) is 0 Å². The number of allylic oxidation sites excluding steroid dienone is 12. The fraction of sp³-hybridized carbons (Fsp3) is 0.841. The van der Waals surface area contributed by atoms with Crippen molar-refractivity contribution in [3.05, 3.63) is 72.9 Å². The number of phosphoric ester groups is 1. The highest BCUT2D eigenvalue weighted by Gasteiger charge is 2.24. The van der Waals surface area contributed by atoms with Crippen LogP contribution in [0.4, 0.5) is 0 Å². The van der Waals surface area contributed by atoms with Gasteiger partial charge in [0.1, 0.15) is 13.2 Å². The van der Waals surface area contributed by atoms with E-state index in [1.807, 2.05) is 21.1 Å². The monoisotopic (exact) mass is 1300 g/mol. The number of aliphatic hydroxyl groups is 1. The third-order valence-electron chi connectivity index (χ3n) is 18.2. The molecule has 0 spiro atoms. The standard InChI is InChI=1S/C82H155N2O6P/c1-6-8-10-12-14-16-18-20-22-24-26-28-30-32-34-36-37-38-39-40-41-42-43-44-45-46-47-48-50-52-54-56-58-60-62-64-66-68-70-72-74-76-82(86)83-80(79-90-91(87,88)89-78-77-84(3,4)5)81(85)75-73-71-69-67-65-63-61-59-57-55-53-51-49-35-33-31-29-27-25-23-21-19-17-15-13-11-9-7-2/h8,10,14,16,20,22,26,28,32,34,37-38,80-81,85H,6-7,9,11-13,15,17-19,21,23-25,27,29-31,33,35-36,39-79H2,1-5H3,(H-,83,86,87,88)/b10-8-,16-14-,22-20-,28-26-,34-32-,38-37-. The summed E-state index contributed by atoms with van der Waals surface area (Å²) in [6.45, 7) is 4.66. The highest BCUT2D eigenvalue weighted by molar-refractivity contribution is 7.45. The Bertz CT molecular complexity index is 1720. The lowest BCUT2D eigenvalue weighted by Crippen LogP contribution is -2.46. The van der Waals surface area contributed by atoms with Gasteiger partial charge < -0.3 is 28.8 Å². The number of phosphoric acid groups is 1. The number of carbonyl (C=O) groups is 1. The lowest BCUT2D eigenvalue weighted by Gasteiger charge is -2.30. The molecule has 0 radical (unpaired) electrons. The van der Waals surface area contributed by atoms with E-state index in [2.05, 4.69) is 92.1 Å². The molecule has 91 heavy (non-hydrogen) atoms. The maximum atomic E-state index is 13.1. The SMILES string of the molecule is CC/C=C\C/C=C\C/C=C\C/C=C\C/C=C\C/C=C\CCCCCCCCCCCCCCCCCCCCCCCCC(=O)NC(COP(=O)([O-])OCC[N+](C)(C)C)C(O)CCCCCCCCCCCCCCCCCCCCCCCCCCCCCC. The molecule has 534 valence electrons. The van der Waals surface area contributed by atoms with Crippen LogP contribution in [0.3, 0.4) is 0 Å². The first kappa shape index (κ1) is 88.9. The summed E-state index contributed by atoms with van der Waals surface area (Å²) >= 11 is 0. The highest BCUT2D eigenvalue weighted by Crippen LogP contribution is 2.38. The predicted octanol–water partition coefficient (Wildman–Crippen LogP) is 25.4. The Morgan fingerprint density at radius 1 is 0.396 bits per heavy atom. The van der Waals surface area contributed by atoms with Gasteiger partial charge >= 0.3 is 0 Å². The zero-order chi connectivity index (χ0) is 66.2. The second-order valence-electron chi connectivity index (χ2n) is 28.4. The average Bonchev–Trinajstić information content (AvgIpc) is 3.59. The molecular formula is C82H155N2O6P. The van der Waals surface area contributed by atoms with E-state index in [9.17, 15) is 19.4 Å². The minimum Gasteiger partial charge on any atom is -0.756 e. The number of hydrogen-bond acceptors (Lipinski definition) is 6. The zero-order valence-electron chi connectivity index (χ0n) is 61.3. The summed E-state index contributed by atoms with van der Waals surface area (Å²) in [5.74, 6) is -0.157. The smallest absolute Gasteiger partial charge is 0.268 e. The lowest BCUT2D eigenvalue weighted by atomic mass is 10.0. The van der Waals surface area contributed by atoms with Crippen LogP contribution in [0.25, 0.3) is 0 Å². The van der Waals surface area contributed by atoms with Gasteiger partial charge in [0.25, 0.3) is 7.82 Å². The van der Waals surface area contributed by atoms with Crippen LogP contribution in [0, 0.1) is 0 Å². The quantitative estimate of drug-likeness (QED) is 0.0272. The minimum atomic E-state index is -4.58. The summed E-state index contributed by atoms with van der Waals surface area (Å²) in [5, 5.41) is 14.1.